The molecule has 1 saturated carbocycles. The summed E-state index contributed by atoms with van der Waals surface area (Å²) in [5.74, 6) is -1.81. The first-order valence-electron chi connectivity index (χ1n) is 9.55. The summed E-state index contributed by atoms with van der Waals surface area (Å²) in [6, 6.07) is 3.72. The number of hydrogen-bond acceptors (Lipinski definition) is 6. The lowest BCUT2D eigenvalue weighted by Gasteiger charge is -2.30. The summed E-state index contributed by atoms with van der Waals surface area (Å²) in [5.41, 5.74) is 0.277. The van der Waals surface area contributed by atoms with E-state index in [0.29, 0.717) is 37.2 Å². The Morgan fingerprint density at radius 1 is 1.23 bits per heavy atom. The lowest BCUT2D eigenvalue weighted by atomic mass is 9.92. The highest BCUT2D eigenvalue weighted by atomic mass is 32.2. The Bertz CT molecular complexity index is 881. The molecule has 6 nitrogen and oxygen atoms in total. The minimum atomic E-state index is -5.00. The van der Waals surface area contributed by atoms with Gasteiger partial charge < -0.3 is 9.57 Å². The molecule has 2 aliphatic rings. The zero-order chi connectivity index (χ0) is 22.1. The number of halogens is 4. The van der Waals surface area contributed by atoms with Crippen molar-refractivity contribution in [2.45, 2.75) is 36.9 Å². The van der Waals surface area contributed by atoms with Crippen LogP contribution in [0.1, 0.15) is 24.8 Å². The molecule has 0 unspecified atom stereocenters. The Labute approximate surface area is 172 Å². The van der Waals surface area contributed by atoms with E-state index in [0.717, 1.165) is 23.8 Å². The van der Waals surface area contributed by atoms with Crippen molar-refractivity contribution >= 4 is 15.8 Å². The molecule has 3 rings (SSSR count). The first kappa shape index (κ1) is 23.0. The second-order valence-corrected chi connectivity index (χ2v) is 9.86. The van der Waals surface area contributed by atoms with Crippen LogP contribution in [0.5, 0.6) is 0 Å². The van der Waals surface area contributed by atoms with Crippen molar-refractivity contribution in [3.05, 3.63) is 29.6 Å². The van der Waals surface area contributed by atoms with Crippen LogP contribution in [-0.4, -0.2) is 51.6 Å². The van der Waals surface area contributed by atoms with Crippen LogP contribution >= 0.6 is 0 Å². The molecule has 1 aliphatic heterocycles. The Balaban J connectivity index is 1.38. The van der Waals surface area contributed by atoms with Crippen LogP contribution in [0.15, 0.2) is 23.1 Å². The van der Waals surface area contributed by atoms with Crippen LogP contribution in [0.3, 0.4) is 0 Å². The standard InChI is InChI=1S/C19H23F4NO5S/c1-30(26,27)15-3-2-13(17(20)9-15)10-28-11-14-8-16(14)12-4-6-24(7-5-12)29-18(25)19(21,22)23/h2-3,9,12,14,16H,4-8,10-11H2,1H3/t14-,16+/m0/s1. The van der Waals surface area contributed by atoms with E-state index in [1.54, 1.807) is 0 Å². The third-order valence-corrected chi connectivity index (χ3v) is 6.68. The van der Waals surface area contributed by atoms with Gasteiger partial charge in [0.1, 0.15) is 5.82 Å². The monoisotopic (exact) mass is 453 g/mol. The fourth-order valence-electron chi connectivity index (χ4n) is 3.80. The number of hydroxylamine groups is 2. The van der Waals surface area contributed by atoms with Gasteiger partial charge in [-0.1, -0.05) is 6.07 Å². The second-order valence-electron chi connectivity index (χ2n) is 7.84. The third-order valence-electron chi connectivity index (χ3n) is 5.57. The SMILES string of the molecule is CS(=O)(=O)c1ccc(COC[C@@H]2C[C@@H]2C2CCN(OC(=O)C(F)(F)F)CC2)c(F)c1. The number of rotatable bonds is 7. The van der Waals surface area contributed by atoms with E-state index in [4.69, 9.17) is 4.74 Å². The van der Waals surface area contributed by atoms with E-state index in [1.807, 2.05) is 0 Å². The molecule has 0 N–H and O–H groups in total. The van der Waals surface area contributed by atoms with Crippen molar-refractivity contribution in [3.8, 4) is 0 Å². The summed E-state index contributed by atoms with van der Waals surface area (Å²) in [6.45, 7) is 0.981. The summed E-state index contributed by atoms with van der Waals surface area (Å²) in [4.78, 5) is 15.1. The molecule has 0 radical (unpaired) electrons. The normalized spacial score (nSPS) is 23.4. The number of benzene rings is 1. The van der Waals surface area contributed by atoms with Gasteiger partial charge in [-0.15, -0.1) is 5.06 Å². The first-order chi connectivity index (χ1) is 13.9. The lowest BCUT2D eigenvalue weighted by molar-refractivity contribution is -0.242. The molecule has 0 amide bonds. The van der Waals surface area contributed by atoms with Gasteiger partial charge in [0.05, 0.1) is 18.1 Å². The van der Waals surface area contributed by atoms with Crippen molar-refractivity contribution < 1.29 is 40.3 Å². The van der Waals surface area contributed by atoms with Gasteiger partial charge in [-0.3, -0.25) is 0 Å². The van der Waals surface area contributed by atoms with Crippen LogP contribution in [-0.2, 0) is 30.8 Å². The van der Waals surface area contributed by atoms with E-state index in [1.165, 1.54) is 12.1 Å². The van der Waals surface area contributed by atoms with Crippen molar-refractivity contribution in [3.63, 3.8) is 0 Å². The van der Waals surface area contributed by atoms with E-state index in [-0.39, 0.29) is 30.2 Å². The number of nitrogens with zero attached hydrogens (tertiary/aromatic N) is 1. The maximum Gasteiger partial charge on any atom is 0.492 e. The van der Waals surface area contributed by atoms with Crippen LogP contribution in [0.25, 0.3) is 0 Å². The fraction of sp³-hybridized carbons (Fsp3) is 0.632. The van der Waals surface area contributed by atoms with Gasteiger partial charge in [-0.25, -0.2) is 17.6 Å². The van der Waals surface area contributed by atoms with Crippen molar-refractivity contribution in [2.75, 3.05) is 26.0 Å². The molecular formula is C19H23F4NO5S. The predicted octanol–water partition coefficient (Wildman–Crippen LogP) is 3.11. The minimum Gasteiger partial charge on any atom is -0.376 e. The molecule has 0 aromatic heterocycles. The van der Waals surface area contributed by atoms with Crippen LogP contribution in [0, 0.1) is 23.6 Å². The summed E-state index contributed by atoms with van der Waals surface area (Å²) >= 11 is 0. The van der Waals surface area contributed by atoms with Gasteiger partial charge in [0.15, 0.2) is 9.84 Å². The largest absolute Gasteiger partial charge is 0.492 e. The Morgan fingerprint density at radius 2 is 1.90 bits per heavy atom. The third kappa shape index (κ3) is 5.92. The van der Waals surface area contributed by atoms with Gasteiger partial charge in [0, 0.05) is 24.9 Å². The van der Waals surface area contributed by atoms with Gasteiger partial charge in [-0.2, -0.15) is 13.2 Å². The molecule has 1 heterocycles. The zero-order valence-corrected chi connectivity index (χ0v) is 17.1. The predicted molar refractivity (Wildman–Crippen MR) is 97.2 cm³/mol. The molecule has 1 saturated heterocycles. The molecular weight excluding hydrogens is 430 g/mol. The molecule has 2 fully saturated rings. The topological polar surface area (TPSA) is 72.9 Å². The average molecular weight is 453 g/mol. The average Bonchev–Trinajstić information content (AvgIpc) is 3.41. The Hall–Kier alpha value is -1.72. The maximum absolute atomic E-state index is 14.0. The number of ether oxygens (including phenoxy) is 1. The second kappa shape index (κ2) is 8.80. The van der Waals surface area contributed by atoms with Crippen molar-refractivity contribution in [1.82, 2.24) is 5.06 Å². The number of alkyl halides is 3. The smallest absolute Gasteiger partial charge is 0.376 e. The molecule has 1 aromatic carbocycles. The minimum absolute atomic E-state index is 0.0327. The first-order valence-corrected chi connectivity index (χ1v) is 11.4. The van der Waals surface area contributed by atoms with Crippen molar-refractivity contribution in [2.24, 2.45) is 17.8 Å². The highest BCUT2D eigenvalue weighted by Crippen LogP contribution is 2.48. The maximum atomic E-state index is 14.0. The zero-order valence-electron chi connectivity index (χ0n) is 16.3. The quantitative estimate of drug-likeness (QED) is 0.591. The van der Waals surface area contributed by atoms with E-state index < -0.39 is 27.8 Å². The molecule has 1 aliphatic carbocycles. The summed E-state index contributed by atoms with van der Waals surface area (Å²) in [7, 11) is -3.47. The summed E-state index contributed by atoms with van der Waals surface area (Å²) in [5, 5.41) is 1.06. The van der Waals surface area contributed by atoms with Gasteiger partial charge in [0.2, 0.25) is 0 Å². The molecule has 30 heavy (non-hydrogen) atoms. The molecule has 0 bridgehead atoms. The van der Waals surface area contributed by atoms with E-state index >= 15 is 0 Å². The Kier molecular flexibility index (Phi) is 6.73. The highest BCUT2D eigenvalue weighted by molar-refractivity contribution is 7.90. The lowest BCUT2D eigenvalue weighted by Crippen LogP contribution is -2.40. The van der Waals surface area contributed by atoms with Gasteiger partial charge >= 0.3 is 12.1 Å². The van der Waals surface area contributed by atoms with Crippen LogP contribution in [0.2, 0.25) is 0 Å². The summed E-state index contributed by atoms with van der Waals surface area (Å²) < 4.78 is 79.2. The molecule has 11 heteroatoms. The molecule has 1 aromatic rings. The molecule has 0 spiro atoms. The number of hydrogen-bond donors (Lipinski definition) is 0. The van der Waals surface area contributed by atoms with Gasteiger partial charge in [0.25, 0.3) is 0 Å². The number of carbonyl (C=O) groups excluding carboxylic acids is 1. The number of piperidine rings is 1. The van der Waals surface area contributed by atoms with Gasteiger partial charge in [-0.05, 0) is 49.1 Å². The van der Waals surface area contributed by atoms with E-state index in [2.05, 4.69) is 4.84 Å². The summed E-state index contributed by atoms with van der Waals surface area (Å²) in [6.07, 6.45) is -1.79. The highest BCUT2D eigenvalue weighted by Gasteiger charge is 2.46. The number of sulfone groups is 1. The fourth-order valence-corrected chi connectivity index (χ4v) is 4.43. The molecule has 2 atom stereocenters. The van der Waals surface area contributed by atoms with Crippen molar-refractivity contribution in [1.29, 1.82) is 0 Å². The van der Waals surface area contributed by atoms with Crippen LogP contribution < -0.4 is 0 Å². The number of carbonyl (C=O) groups is 1. The Morgan fingerprint density at radius 3 is 2.47 bits per heavy atom. The molecule has 168 valence electrons. The van der Waals surface area contributed by atoms with Crippen LogP contribution in [0.4, 0.5) is 17.6 Å². The van der Waals surface area contributed by atoms with E-state index in [9.17, 15) is 30.8 Å².